The molecular formula is C15H19FN2O2S. The van der Waals surface area contributed by atoms with Gasteiger partial charge in [0, 0.05) is 11.4 Å². The van der Waals surface area contributed by atoms with Crippen LogP contribution in [-0.2, 0) is 11.4 Å². The zero-order valence-corrected chi connectivity index (χ0v) is 13.3. The first-order valence-electron chi connectivity index (χ1n) is 6.67. The predicted octanol–water partition coefficient (Wildman–Crippen LogP) is 3.59. The zero-order valence-electron chi connectivity index (χ0n) is 12.5. The molecule has 0 spiro atoms. The van der Waals surface area contributed by atoms with E-state index in [0.29, 0.717) is 11.3 Å². The standard InChI is InChI=1S/C15H19FN2O2S/c1-10(18-21(19)15(2,3)4)13-9-20-14(17-13)11-7-5-6-8-12(11)16/h5-10,18H,1-4H3/t10-,21?/m1/s1. The number of halogens is 1. The van der Waals surface area contributed by atoms with Gasteiger partial charge < -0.3 is 8.97 Å². The van der Waals surface area contributed by atoms with Gasteiger partial charge in [-0.2, -0.15) is 0 Å². The lowest BCUT2D eigenvalue weighted by Gasteiger charge is -2.25. The molecule has 1 unspecified atom stereocenters. The van der Waals surface area contributed by atoms with Crippen molar-refractivity contribution in [1.29, 1.82) is 0 Å². The van der Waals surface area contributed by atoms with Crippen molar-refractivity contribution in [2.75, 3.05) is 0 Å². The molecular weight excluding hydrogens is 291 g/mol. The second kappa shape index (κ2) is 6.17. The van der Waals surface area contributed by atoms with Gasteiger partial charge in [0.1, 0.15) is 22.5 Å². The minimum absolute atomic E-state index is 0.221. The van der Waals surface area contributed by atoms with Crippen molar-refractivity contribution in [3.05, 3.63) is 42.0 Å². The Balaban J connectivity index is 2.15. The lowest BCUT2D eigenvalue weighted by atomic mass is 10.2. The molecule has 0 bridgehead atoms. The first-order valence-corrected chi connectivity index (χ1v) is 7.82. The molecule has 1 N–H and O–H groups in total. The SMILES string of the molecule is C[C@@H](N[S+]([O-])C(C)(C)C)c1coc(-c2ccccc2F)n1. The first kappa shape index (κ1) is 16.0. The Bertz CT molecular complexity index is 610. The van der Waals surface area contributed by atoms with Crippen molar-refractivity contribution in [2.45, 2.75) is 38.5 Å². The Morgan fingerprint density at radius 3 is 2.62 bits per heavy atom. The van der Waals surface area contributed by atoms with Crippen LogP contribution in [0.15, 0.2) is 34.9 Å². The maximum absolute atomic E-state index is 13.7. The Kier molecular flexibility index (Phi) is 4.70. The first-order chi connectivity index (χ1) is 9.79. The van der Waals surface area contributed by atoms with E-state index < -0.39 is 11.4 Å². The van der Waals surface area contributed by atoms with Crippen LogP contribution in [0.2, 0.25) is 0 Å². The third kappa shape index (κ3) is 3.84. The number of nitrogens with zero attached hydrogens (tertiary/aromatic N) is 1. The molecule has 0 fully saturated rings. The van der Waals surface area contributed by atoms with Crippen LogP contribution in [-0.4, -0.2) is 14.3 Å². The molecule has 1 aromatic heterocycles. The van der Waals surface area contributed by atoms with Crippen LogP contribution < -0.4 is 4.72 Å². The molecule has 0 radical (unpaired) electrons. The number of hydrogen-bond acceptors (Lipinski definition) is 4. The van der Waals surface area contributed by atoms with Crippen LogP contribution >= 0.6 is 0 Å². The predicted molar refractivity (Wildman–Crippen MR) is 81.3 cm³/mol. The van der Waals surface area contributed by atoms with Gasteiger partial charge in [-0.25, -0.2) is 9.37 Å². The van der Waals surface area contributed by atoms with Gasteiger partial charge in [0.05, 0.1) is 11.6 Å². The summed E-state index contributed by atoms with van der Waals surface area (Å²) in [6, 6.07) is 6.04. The highest BCUT2D eigenvalue weighted by Gasteiger charge is 2.29. The minimum Gasteiger partial charge on any atom is -0.598 e. The molecule has 2 aromatic rings. The maximum Gasteiger partial charge on any atom is 0.229 e. The monoisotopic (exact) mass is 310 g/mol. The molecule has 2 rings (SSSR count). The lowest BCUT2D eigenvalue weighted by molar-refractivity contribution is 0.527. The van der Waals surface area contributed by atoms with E-state index in [-0.39, 0.29) is 22.5 Å². The number of aromatic nitrogens is 1. The molecule has 1 aromatic carbocycles. The number of oxazole rings is 1. The van der Waals surface area contributed by atoms with Crippen LogP contribution in [0.3, 0.4) is 0 Å². The normalized spacial score (nSPS) is 15.0. The Morgan fingerprint density at radius 1 is 1.33 bits per heavy atom. The summed E-state index contributed by atoms with van der Waals surface area (Å²) in [5.74, 6) is -0.164. The van der Waals surface area contributed by atoms with Gasteiger partial charge in [-0.15, -0.1) is 4.72 Å². The van der Waals surface area contributed by atoms with Gasteiger partial charge in [0.2, 0.25) is 5.89 Å². The van der Waals surface area contributed by atoms with Gasteiger partial charge >= 0.3 is 0 Å². The van der Waals surface area contributed by atoms with Crippen LogP contribution in [0, 0.1) is 5.82 Å². The smallest absolute Gasteiger partial charge is 0.229 e. The molecule has 21 heavy (non-hydrogen) atoms. The van der Waals surface area contributed by atoms with Crippen molar-refractivity contribution in [1.82, 2.24) is 9.71 Å². The van der Waals surface area contributed by atoms with Crippen molar-refractivity contribution < 1.29 is 13.4 Å². The fourth-order valence-electron chi connectivity index (χ4n) is 1.64. The molecule has 0 saturated carbocycles. The zero-order chi connectivity index (χ0) is 15.6. The van der Waals surface area contributed by atoms with E-state index in [2.05, 4.69) is 9.71 Å². The highest BCUT2D eigenvalue weighted by atomic mass is 32.2. The average Bonchev–Trinajstić information content (AvgIpc) is 2.87. The van der Waals surface area contributed by atoms with Crippen LogP contribution in [0.4, 0.5) is 4.39 Å². The van der Waals surface area contributed by atoms with Crippen molar-refractivity contribution in [2.24, 2.45) is 0 Å². The van der Waals surface area contributed by atoms with Crippen LogP contribution in [0.5, 0.6) is 0 Å². The third-order valence-electron chi connectivity index (χ3n) is 2.91. The molecule has 0 aliphatic heterocycles. The molecule has 114 valence electrons. The molecule has 2 atom stereocenters. The molecule has 1 heterocycles. The second-order valence-corrected chi connectivity index (χ2v) is 7.78. The van der Waals surface area contributed by atoms with E-state index in [1.54, 1.807) is 18.2 Å². The number of benzene rings is 1. The van der Waals surface area contributed by atoms with Gasteiger partial charge in [0.25, 0.3) is 0 Å². The number of nitrogens with one attached hydrogen (secondary N) is 1. The highest BCUT2D eigenvalue weighted by molar-refractivity contribution is 7.90. The molecule has 4 nitrogen and oxygen atoms in total. The van der Waals surface area contributed by atoms with Gasteiger partial charge in [-0.1, -0.05) is 12.1 Å². The highest BCUT2D eigenvalue weighted by Crippen LogP contribution is 2.25. The Labute approximate surface area is 127 Å². The number of rotatable bonds is 4. The molecule has 0 amide bonds. The molecule has 0 aliphatic rings. The van der Waals surface area contributed by atoms with Gasteiger partial charge in [-0.3, -0.25) is 0 Å². The van der Waals surface area contributed by atoms with Gasteiger partial charge in [-0.05, 0) is 39.8 Å². The lowest BCUT2D eigenvalue weighted by Crippen LogP contribution is -2.40. The summed E-state index contributed by atoms with van der Waals surface area (Å²) in [5.41, 5.74) is 0.902. The second-order valence-electron chi connectivity index (χ2n) is 5.78. The van der Waals surface area contributed by atoms with E-state index >= 15 is 0 Å². The summed E-state index contributed by atoms with van der Waals surface area (Å²) in [7, 11) is 0. The van der Waals surface area contributed by atoms with Gasteiger partial charge in [0.15, 0.2) is 0 Å². The summed E-state index contributed by atoms with van der Waals surface area (Å²) in [6.45, 7) is 7.50. The van der Waals surface area contributed by atoms with Crippen LogP contribution in [0.25, 0.3) is 11.5 Å². The summed E-state index contributed by atoms with van der Waals surface area (Å²) in [6.07, 6.45) is 1.46. The molecule has 6 heteroatoms. The topological polar surface area (TPSA) is 61.1 Å². The van der Waals surface area contributed by atoms with E-state index in [9.17, 15) is 8.94 Å². The van der Waals surface area contributed by atoms with Crippen molar-refractivity contribution in [3.63, 3.8) is 0 Å². The quantitative estimate of drug-likeness (QED) is 0.877. The minimum atomic E-state index is -1.21. The maximum atomic E-state index is 13.7. The number of hydrogen-bond donors (Lipinski definition) is 1. The fourth-order valence-corrected chi connectivity index (χ4v) is 2.44. The van der Waals surface area contributed by atoms with Crippen molar-refractivity contribution >= 4 is 11.4 Å². The summed E-state index contributed by atoms with van der Waals surface area (Å²) >= 11 is -1.21. The average molecular weight is 310 g/mol. The summed E-state index contributed by atoms with van der Waals surface area (Å²) in [5, 5.41) is 0. The Morgan fingerprint density at radius 2 is 2.00 bits per heavy atom. The van der Waals surface area contributed by atoms with E-state index in [1.807, 2.05) is 27.7 Å². The Hall–Kier alpha value is -1.37. The summed E-state index contributed by atoms with van der Waals surface area (Å²) in [4.78, 5) is 4.27. The van der Waals surface area contributed by atoms with E-state index in [0.717, 1.165) is 0 Å². The third-order valence-corrected chi connectivity index (χ3v) is 4.59. The molecule has 0 aliphatic carbocycles. The summed E-state index contributed by atoms with van der Waals surface area (Å²) < 4.78 is 33.7. The van der Waals surface area contributed by atoms with Crippen molar-refractivity contribution in [3.8, 4) is 11.5 Å². The van der Waals surface area contributed by atoms with Crippen LogP contribution in [0.1, 0.15) is 39.4 Å². The fraction of sp³-hybridized carbons (Fsp3) is 0.400. The van der Waals surface area contributed by atoms with E-state index in [1.165, 1.54) is 12.3 Å². The van der Waals surface area contributed by atoms with E-state index in [4.69, 9.17) is 4.42 Å². The largest absolute Gasteiger partial charge is 0.598 e. The molecule has 0 saturated heterocycles.